The van der Waals surface area contributed by atoms with E-state index >= 15 is 0 Å². The molecule has 1 fully saturated rings. The second-order valence-corrected chi connectivity index (χ2v) is 5.55. The fraction of sp³-hybridized carbons (Fsp3) is 0.412. The van der Waals surface area contributed by atoms with Crippen LogP contribution in [0.1, 0.15) is 31.2 Å². The second kappa shape index (κ2) is 5.62. The standard InChI is InChI=1S/C17H21NO/c19-17-10-9-14-5-1-2-6-15(14)16(17)12-18-11-3-4-13-7-8-13/h1-2,5-6,9-10,13,18-19H,3-4,7-8,11-12H2. The van der Waals surface area contributed by atoms with Crippen LogP contribution in [-0.4, -0.2) is 11.7 Å². The van der Waals surface area contributed by atoms with E-state index in [9.17, 15) is 5.11 Å². The van der Waals surface area contributed by atoms with Gasteiger partial charge in [0.2, 0.25) is 0 Å². The van der Waals surface area contributed by atoms with E-state index in [2.05, 4.69) is 17.4 Å². The Labute approximate surface area is 114 Å². The maximum absolute atomic E-state index is 10.0. The van der Waals surface area contributed by atoms with Gasteiger partial charge in [-0.1, -0.05) is 43.2 Å². The number of nitrogens with one attached hydrogen (secondary N) is 1. The summed E-state index contributed by atoms with van der Waals surface area (Å²) in [4.78, 5) is 0. The Morgan fingerprint density at radius 2 is 1.95 bits per heavy atom. The first-order valence-electron chi connectivity index (χ1n) is 7.25. The number of hydrogen-bond acceptors (Lipinski definition) is 2. The summed E-state index contributed by atoms with van der Waals surface area (Å²) in [6.07, 6.45) is 5.47. The van der Waals surface area contributed by atoms with Gasteiger partial charge in [-0.25, -0.2) is 0 Å². The van der Waals surface area contributed by atoms with Gasteiger partial charge < -0.3 is 10.4 Å². The highest BCUT2D eigenvalue weighted by molar-refractivity contribution is 5.87. The zero-order valence-corrected chi connectivity index (χ0v) is 11.2. The lowest BCUT2D eigenvalue weighted by Crippen LogP contribution is -2.15. The molecule has 0 aromatic heterocycles. The molecule has 0 unspecified atom stereocenters. The minimum Gasteiger partial charge on any atom is -0.508 e. The van der Waals surface area contributed by atoms with E-state index in [-0.39, 0.29) is 0 Å². The van der Waals surface area contributed by atoms with Gasteiger partial charge in [-0.05, 0) is 42.1 Å². The summed E-state index contributed by atoms with van der Waals surface area (Å²) in [6.45, 7) is 1.79. The number of fused-ring (bicyclic) bond motifs is 1. The van der Waals surface area contributed by atoms with Crippen molar-refractivity contribution in [3.8, 4) is 5.75 Å². The van der Waals surface area contributed by atoms with E-state index in [0.29, 0.717) is 5.75 Å². The second-order valence-electron chi connectivity index (χ2n) is 5.55. The molecule has 1 aliphatic carbocycles. The molecule has 0 amide bonds. The van der Waals surface area contributed by atoms with E-state index in [1.807, 2.05) is 18.2 Å². The molecule has 0 radical (unpaired) electrons. The number of hydrogen-bond donors (Lipinski definition) is 2. The van der Waals surface area contributed by atoms with Crippen LogP contribution >= 0.6 is 0 Å². The van der Waals surface area contributed by atoms with Gasteiger partial charge in [0, 0.05) is 12.1 Å². The third kappa shape index (κ3) is 3.07. The van der Waals surface area contributed by atoms with Crippen molar-refractivity contribution in [1.29, 1.82) is 0 Å². The zero-order chi connectivity index (χ0) is 13.1. The molecule has 0 bridgehead atoms. The molecule has 1 saturated carbocycles. The third-order valence-electron chi connectivity index (χ3n) is 3.98. The fourth-order valence-corrected chi connectivity index (χ4v) is 2.65. The van der Waals surface area contributed by atoms with Crippen molar-refractivity contribution in [3.05, 3.63) is 42.0 Å². The first-order valence-corrected chi connectivity index (χ1v) is 7.25. The average Bonchev–Trinajstić information content (AvgIpc) is 3.25. The predicted molar refractivity (Wildman–Crippen MR) is 79.3 cm³/mol. The normalized spacial score (nSPS) is 14.9. The van der Waals surface area contributed by atoms with Crippen molar-refractivity contribution in [2.24, 2.45) is 5.92 Å². The van der Waals surface area contributed by atoms with Crippen LogP contribution < -0.4 is 5.32 Å². The van der Waals surface area contributed by atoms with Crippen molar-refractivity contribution >= 4 is 10.8 Å². The summed E-state index contributed by atoms with van der Waals surface area (Å²) in [7, 11) is 0. The lowest BCUT2D eigenvalue weighted by atomic mass is 10.0. The molecule has 19 heavy (non-hydrogen) atoms. The number of rotatable bonds is 6. The summed E-state index contributed by atoms with van der Waals surface area (Å²) >= 11 is 0. The molecular weight excluding hydrogens is 234 g/mol. The summed E-state index contributed by atoms with van der Waals surface area (Å²) < 4.78 is 0. The van der Waals surface area contributed by atoms with Gasteiger partial charge in [0.1, 0.15) is 5.75 Å². The van der Waals surface area contributed by atoms with E-state index in [4.69, 9.17) is 0 Å². The predicted octanol–water partition coefficient (Wildman–Crippen LogP) is 3.83. The molecule has 100 valence electrons. The SMILES string of the molecule is Oc1ccc2ccccc2c1CNCCCC1CC1. The molecule has 2 N–H and O–H groups in total. The minimum atomic E-state index is 0.397. The van der Waals surface area contributed by atoms with E-state index in [0.717, 1.165) is 30.0 Å². The highest BCUT2D eigenvalue weighted by atomic mass is 16.3. The Bertz CT molecular complexity index is 560. The van der Waals surface area contributed by atoms with Crippen molar-refractivity contribution in [2.45, 2.75) is 32.2 Å². The van der Waals surface area contributed by atoms with Gasteiger partial charge in [0.15, 0.2) is 0 Å². The monoisotopic (exact) mass is 255 g/mol. The van der Waals surface area contributed by atoms with Crippen molar-refractivity contribution in [2.75, 3.05) is 6.54 Å². The lowest BCUT2D eigenvalue weighted by molar-refractivity contribution is 0.465. The van der Waals surface area contributed by atoms with Gasteiger partial charge in [0.25, 0.3) is 0 Å². The smallest absolute Gasteiger partial charge is 0.120 e. The van der Waals surface area contributed by atoms with Crippen LogP contribution in [0.4, 0.5) is 0 Å². The van der Waals surface area contributed by atoms with E-state index in [1.54, 1.807) is 6.07 Å². The minimum absolute atomic E-state index is 0.397. The van der Waals surface area contributed by atoms with Crippen LogP contribution in [0.25, 0.3) is 10.8 Å². The van der Waals surface area contributed by atoms with Crippen LogP contribution in [0.3, 0.4) is 0 Å². The zero-order valence-electron chi connectivity index (χ0n) is 11.2. The Balaban J connectivity index is 1.63. The third-order valence-corrected chi connectivity index (χ3v) is 3.98. The Morgan fingerprint density at radius 1 is 1.11 bits per heavy atom. The van der Waals surface area contributed by atoms with Crippen LogP contribution in [0.5, 0.6) is 5.75 Å². The molecular formula is C17H21NO. The quantitative estimate of drug-likeness (QED) is 0.769. The molecule has 0 atom stereocenters. The van der Waals surface area contributed by atoms with Gasteiger partial charge in [0.05, 0.1) is 0 Å². The van der Waals surface area contributed by atoms with Crippen molar-refractivity contribution in [1.82, 2.24) is 5.32 Å². The summed E-state index contributed by atoms with van der Waals surface area (Å²) in [5.74, 6) is 1.40. The summed E-state index contributed by atoms with van der Waals surface area (Å²) in [6, 6.07) is 12.0. The van der Waals surface area contributed by atoms with Gasteiger partial charge in [-0.2, -0.15) is 0 Å². The van der Waals surface area contributed by atoms with E-state index < -0.39 is 0 Å². The first kappa shape index (κ1) is 12.5. The molecule has 3 rings (SSSR count). The number of phenols is 1. The topological polar surface area (TPSA) is 32.3 Å². The maximum atomic E-state index is 10.0. The van der Waals surface area contributed by atoms with Crippen molar-refractivity contribution in [3.63, 3.8) is 0 Å². The van der Waals surface area contributed by atoms with Gasteiger partial charge in [-0.3, -0.25) is 0 Å². The van der Waals surface area contributed by atoms with Crippen LogP contribution in [-0.2, 0) is 6.54 Å². The molecule has 2 aromatic carbocycles. The van der Waals surface area contributed by atoms with Crippen molar-refractivity contribution < 1.29 is 5.11 Å². The fourth-order valence-electron chi connectivity index (χ4n) is 2.65. The summed E-state index contributed by atoms with van der Waals surface area (Å²) in [5.41, 5.74) is 1.02. The largest absolute Gasteiger partial charge is 0.508 e. The molecule has 2 aromatic rings. The highest BCUT2D eigenvalue weighted by Gasteiger charge is 2.19. The number of phenolic OH excluding ortho intramolecular Hbond substituents is 1. The van der Waals surface area contributed by atoms with Crippen LogP contribution in [0.2, 0.25) is 0 Å². The molecule has 0 heterocycles. The number of aromatic hydroxyl groups is 1. The Morgan fingerprint density at radius 3 is 2.79 bits per heavy atom. The van der Waals surface area contributed by atoms with E-state index in [1.165, 1.54) is 31.1 Å². The first-order chi connectivity index (χ1) is 9.34. The Hall–Kier alpha value is -1.54. The number of benzene rings is 2. The molecule has 2 heteroatoms. The van der Waals surface area contributed by atoms with Gasteiger partial charge >= 0.3 is 0 Å². The van der Waals surface area contributed by atoms with Crippen LogP contribution in [0.15, 0.2) is 36.4 Å². The molecule has 2 nitrogen and oxygen atoms in total. The molecule has 1 aliphatic rings. The highest BCUT2D eigenvalue weighted by Crippen LogP contribution is 2.33. The summed E-state index contributed by atoms with van der Waals surface area (Å²) in [5, 5.41) is 15.8. The molecule has 0 saturated heterocycles. The Kier molecular flexibility index (Phi) is 3.69. The van der Waals surface area contributed by atoms with Gasteiger partial charge in [-0.15, -0.1) is 0 Å². The lowest BCUT2D eigenvalue weighted by Gasteiger charge is -2.10. The maximum Gasteiger partial charge on any atom is 0.120 e. The van der Waals surface area contributed by atoms with Crippen LogP contribution in [0, 0.1) is 5.92 Å². The average molecular weight is 255 g/mol. The molecule has 0 aliphatic heterocycles. The molecule has 0 spiro atoms.